The molecule has 0 aliphatic heterocycles. The lowest BCUT2D eigenvalue weighted by Crippen LogP contribution is -2.41. The Balaban J connectivity index is 4.09. The highest BCUT2D eigenvalue weighted by molar-refractivity contribution is 5.81. The van der Waals surface area contributed by atoms with Crippen LogP contribution in [0.25, 0.3) is 0 Å². The van der Waals surface area contributed by atoms with Gasteiger partial charge in [-0.2, -0.15) is 0 Å². The van der Waals surface area contributed by atoms with E-state index < -0.39 is 24.0 Å². The van der Waals surface area contributed by atoms with Crippen molar-refractivity contribution in [2.45, 2.75) is 18.9 Å². The van der Waals surface area contributed by atoms with Crippen molar-refractivity contribution in [3.63, 3.8) is 0 Å². The maximum absolute atomic E-state index is 10.7. The molecule has 0 bridgehead atoms. The maximum Gasteiger partial charge on any atom is 0.407 e. The molecule has 0 saturated heterocycles. The third kappa shape index (κ3) is 4.96. The van der Waals surface area contributed by atoms with Crippen LogP contribution in [0.2, 0.25) is 0 Å². The summed E-state index contributed by atoms with van der Waals surface area (Å²) in [5.41, 5.74) is 4.83. The smallest absolute Gasteiger partial charge is 0.407 e. The number of primary amides is 1. The Morgan fingerprint density at radius 3 is 2.43 bits per heavy atom. The number of carbonyl (C=O) groups excluding carboxylic acids is 2. The van der Waals surface area contributed by atoms with Gasteiger partial charge in [-0.15, -0.1) is 0 Å². The molecule has 0 saturated carbocycles. The number of carbonyl (C=O) groups is 3. The standard InChI is InChI=1S/C7H12N2O5/c1-14-7(13)9-4(6(11)12)2-3-5(8)10/h4H,2-3H2,1H3,(H2,8,10)(H,9,13)(H,11,12). The van der Waals surface area contributed by atoms with Crippen molar-refractivity contribution in [2.24, 2.45) is 5.73 Å². The van der Waals surface area contributed by atoms with Crippen molar-refractivity contribution in [1.29, 1.82) is 0 Å². The van der Waals surface area contributed by atoms with Gasteiger partial charge in [0, 0.05) is 6.42 Å². The zero-order valence-electron chi connectivity index (χ0n) is 7.65. The second kappa shape index (κ2) is 5.79. The van der Waals surface area contributed by atoms with Gasteiger partial charge in [-0.3, -0.25) is 4.79 Å². The van der Waals surface area contributed by atoms with Crippen molar-refractivity contribution >= 4 is 18.0 Å². The molecule has 0 rings (SSSR count). The molecule has 0 aromatic heterocycles. The van der Waals surface area contributed by atoms with Crippen LogP contribution in [0, 0.1) is 0 Å². The average molecular weight is 204 g/mol. The first-order chi connectivity index (χ1) is 6.47. The lowest BCUT2D eigenvalue weighted by molar-refractivity contribution is -0.139. The van der Waals surface area contributed by atoms with Gasteiger partial charge in [0.15, 0.2) is 0 Å². The van der Waals surface area contributed by atoms with Gasteiger partial charge in [0.25, 0.3) is 0 Å². The fourth-order valence-electron chi connectivity index (χ4n) is 0.745. The van der Waals surface area contributed by atoms with E-state index in [0.29, 0.717) is 0 Å². The summed E-state index contributed by atoms with van der Waals surface area (Å²) < 4.78 is 4.21. The summed E-state index contributed by atoms with van der Waals surface area (Å²) >= 11 is 0. The molecule has 0 radical (unpaired) electrons. The Kier molecular flexibility index (Phi) is 5.05. The van der Waals surface area contributed by atoms with E-state index in [9.17, 15) is 14.4 Å². The van der Waals surface area contributed by atoms with E-state index in [4.69, 9.17) is 10.8 Å². The first-order valence-corrected chi connectivity index (χ1v) is 3.83. The highest BCUT2D eigenvalue weighted by atomic mass is 16.5. The number of hydrogen-bond acceptors (Lipinski definition) is 4. The normalized spacial score (nSPS) is 11.5. The average Bonchev–Trinajstić information content (AvgIpc) is 2.10. The van der Waals surface area contributed by atoms with Gasteiger partial charge < -0.3 is 20.9 Å². The van der Waals surface area contributed by atoms with Crippen LogP contribution in [0.1, 0.15) is 12.8 Å². The van der Waals surface area contributed by atoms with E-state index in [1.54, 1.807) is 0 Å². The third-order valence-electron chi connectivity index (χ3n) is 1.45. The monoisotopic (exact) mass is 204 g/mol. The van der Waals surface area contributed by atoms with E-state index in [0.717, 1.165) is 7.11 Å². The van der Waals surface area contributed by atoms with E-state index in [1.165, 1.54) is 0 Å². The van der Waals surface area contributed by atoms with Crippen LogP contribution in [0.3, 0.4) is 0 Å². The number of aliphatic carboxylic acids is 1. The molecule has 0 aromatic rings. The molecule has 0 heterocycles. The third-order valence-corrected chi connectivity index (χ3v) is 1.45. The van der Waals surface area contributed by atoms with Crippen LogP contribution in [0.15, 0.2) is 0 Å². The van der Waals surface area contributed by atoms with Crippen LogP contribution >= 0.6 is 0 Å². The highest BCUT2D eigenvalue weighted by Crippen LogP contribution is 1.97. The number of nitrogens with two attached hydrogens (primary N) is 1. The van der Waals surface area contributed by atoms with Crippen LogP contribution in [0.5, 0.6) is 0 Å². The molecule has 7 heteroatoms. The van der Waals surface area contributed by atoms with Crippen molar-refractivity contribution in [3.05, 3.63) is 0 Å². The Hall–Kier alpha value is -1.79. The van der Waals surface area contributed by atoms with E-state index in [-0.39, 0.29) is 12.8 Å². The van der Waals surface area contributed by atoms with E-state index >= 15 is 0 Å². The maximum atomic E-state index is 10.7. The molecular formula is C7H12N2O5. The zero-order chi connectivity index (χ0) is 11.1. The number of carboxylic acids is 1. The van der Waals surface area contributed by atoms with Gasteiger partial charge >= 0.3 is 12.1 Å². The van der Waals surface area contributed by atoms with Crippen molar-refractivity contribution in [1.82, 2.24) is 5.32 Å². The van der Waals surface area contributed by atoms with Gasteiger partial charge in [-0.25, -0.2) is 9.59 Å². The van der Waals surface area contributed by atoms with Gasteiger partial charge in [0.2, 0.25) is 5.91 Å². The summed E-state index contributed by atoms with van der Waals surface area (Å²) in [5, 5.41) is 10.7. The molecule has 0 spiro atoms. The predicted octanol–water partition coefficient (Wildman–Crippen LogP) is -0.939. The Morgan fingerprint density at radius 2 is 2.07 bits per heavy atom. The van der Waals surface area contributed by atoms with Crippen LogP contribution in [-0.2, 0) is 14.3 Å². The summed E-state index contributed by atoms with van der Waals surface area (Å²) in [6.45, 7) is 0. The highest BCUT2D eigenvalue weighted by Gasteiger charge is 2.20. The minimum absolute atomic E-state index is 0.0558. The molecule has 4 N–H and O–H groups in total. The minimum Gasteiger partial charge on any atom is -0.480 e. The summed E-state index contributed by atoms with van der Waals surface area (Å²) in [6, 6.07) is -1.16. The van der Waals surface area contributed by atoms with Gasteiger partial charge in [-0.05, 0) is 6.42 Å². The topological polar surface area (TPSA) is 119 Å². The second-order valence-corrected chi connectivity index (χ2v) is 2.53. The lowest BCUT2D eigenvalue weighted by Gasteiger charge is -2.11. The minimum atomic E-state index is -1.24. The quantitative estimate of drug-likeness (QED) is 0.534. The Bertz CT molecular complexity index is 240. The number of alkyl carbamates (subject to hydrolysis) is 1. The molecule has 14 heavy (non-hydrogen) atoms. The van der Waals surface area contributed by atoms with Crippen LogP contribution in [-0.4, -0.2) is 36.2 Å². The molecule has 80 valence electrons. The Morgan fingerprint density at radius 1 is 1.50 bits per heavy atom. The zero-order valence-corrected chi connectivity index (χ0v) is 7.65. The molecule has 0 aromatic carbocycles. The number of amides is 2. The molecule has 0 aliphatic carbocycles. The first kappa shape index (κ1) is 12.2. The fourth-order valence-corrected chi connectivity index (χ4v) is 0.745. The van der Waals surface area contributed by atoms with Crippen molar-refractivity contribution < 1.29 is 24.2 Å². The molecule has 1 atom stereocenters. The molecular weight excluding hydrogens is 192 g/mol. The first-order valence-electron chi connectivity index (χ1n) is 3.83. The number of methoxy groups -OCH3 is 1. The lowest BCUT2D eigenvalue weighted by atomic mass is 10.1. The number of rotatable bonds is 5. The van der Waals surface area contributed by atoms with Crippen LogP contribution < -0.4 is 11.1 Å². The number of carboxylic acid groups (broad SMARTS) is 1. The van der Waals surface area contributed by atoms with Gasteiger partial charge in [0.1, 0.15) is 6.04 Å². The molecule has 0 fully saturated rings. The largest absolute Gasteiger partial charge is 0.480 e. The predicted molar refractivity (Wildman–Crippen MR) is 45.4 cm³/mol. The summed E-state index contributed by atoms with van der Waals surface area (Å²) in [4.78, 5) is 31.6. The SMILES string of the molecule is COC(=O)NC(CCC(N)=O)C(=O)O. The molecule has 0 aliphatic rings. The molecule has 2 amide bonds. The fraction of sp³-hybridized carbons (Fsp3) is 0.571. The van der Waals surface area contributed by atoms with Gasteiger partial charge in [-0.1, -0.05) is 0 Å². The summed E-state index contributed by atoms with van der Waals surface area (Å²) in [5.74, 6) is -1.86. The Labute approximate surface area is 80.2 Å². The second-order valence-electron chi connectivity index (χ2n) is 2.53. The van der Waals surface area contributed by atoms with E-state index in [1.807, 2.05) is 0 Å². The van der Waals surface area contributed by atoms with Gasteiger partial charge in [0.05, 0.1) is 7.11 Å². The van der Waals surface area contributed by atoms with Crippen molar-refractivity contribution in [2.75, 3.05) is 7.11 Å². The van der Waals surface area contributed by atoms with Crippen molar-refractivity contribution in [3.8, 4) is 0 Å². The molecule has 7 nitrogen and oxygen atoms in total. The number of nitrogens with one attached hydrogen (secondary N) is 1. The number of ether oxygens (including phenoxy) is 1. The van der Waals surface area contributed by atoms with Crippen LogP contribution in [0.4, 0.5) is 4.79 Å². The summed E-state index contributed by atoms with van der Waals surface area (Å²) in [6.07, 6.45) is -1.03. The molecule has 1 unspecified atom stereocenters. The van der Waals surface area contributed by atoms with E-state index in [2.05, 4.69) is 10.1 Å². The number of hydrogen-bond donors (Lipinski definition) is 3. The summed E-state index contributed by atoms with van der Waals surface area (Å²) in [7, 11) is 1.11.